The molecule has 1 heterocycles. The summed E-state index contributed by atoms with van der Waals surface area (Å²) in [7, 11) is 0. The van der Waals surface area contributed by atoms with Gasteiger partial charge in [-0.15, -0.1) is 0 Å². The van der Waals surface area contributed by atoms with Crippen molar-refractivity contribution >= 4 is 21.8 Å². The van der Waals surface area contributed by atoms with Crippen molar-refractivity contribution in [1.82, 2.24) is 4.90 Å². The van der Waals surface area contributed by atoms with Crippen LogP contribution in [0.3, 0.4) is 0 Å². The molecule has 1 saturated heterocycles. The first kappa shape index (κ1) is 14.5. The van der Waals surface area contributed by atoms with Gasteiger partial charge in [-0.3, -0.25) is 9.69 Å². The van der Waals surface area contributed by atoms with E-state index < -0.39 is 11.5 Å². The van der Waals surface area contributed by atoms with E-state index in [9.17, 15) is 9.90 Å². The molecule has 0 spiro atoms. The summed E-state index contributed by atoms with van der Waals surface area (Å²) in [5.41, 5.74) is 6.31. The Labute approximate surface area is 121 Å². The monoisotopic (exact) mass is 326 g/mol. The smallest absolute Gasteiger partial charge is 0.250 e. The van der Waals surface area contributed by atoms with E-state index in [-0.39, 0.29) is 0 Å². The number of piperidine rings is 1. The fourth-order valence-corrected chi connectivity index (χ4v) is 3.01. The predicted octanol–water partition coefficient (Wildman–Crippen LogP) is 1.57. The van der Waals surface area contributed by atoms with Crippen molar-refractivity contribution < 1.29 is 9.90 Å². The van der Waals surface area contributed by atoms with Gasteiger partial charge in [-0.2, -0.15) is 0 Å². The molecule has 1 fully saturated rings. The average Bonchev–Trinajstić information content (AvgIpc) is 2.33. The van der Waals surface area contributed by atoms with Gasteiger partial charge in [0, 0.05) is 17.6 Å². The second kappa shape index (κ2) is 5.61. The van der Waals surface area contributed by atoms with Crippen LogP contribution in [0.1, 0.15) is 24.0 Å². The third-order valence-corrected chi connectivity index (χ3v) is 4.20. The van der Waals surface area contributed by atoms with Crippen LogP contribution in [0.5, 0.6) is 0 Å². The van der Waals surface area contributed by atoms with Gasteiger partial charge in [0.2, 0.25) is 0 Å². The molecule has 0 aromatic heterocycles. The fourth-order valence-electron chi connectivity index (χ4n) is 2.54. The number of rotatable bonds is 3. The van der Waals surface area contributed by atoms with Crippen LogP contribution in [0, 0.1) is 6.92 Å². The first-order valence-corrected chi connectivity index (χ1v) is 7.20. The highest BCUT2D eigenvalue weighted by Crippen LogP contribution is 2.24. The van der Waals surface area contributed by atoms with E-state index in [1.165, 1.54) is 11.1 Å². The number of aryl methyl sites for hydroxylation is 1. The number of halogens is 1. The zero-order chi connectivity index (χ0) is 14.0. The first-order valence-electron chi connectivity index (χ1n) is 6.40. The molecule has 1 unspecified atom stereocenters. The van der Waals surface area contributed by atoms with Gasteiger partial charge >= 0.3 is 0 Å². The van der Waals surface area contributed by atoms with E-state index in [4.69, 9.17) is 5.73 Å². The number of carbonyl (C=O) groups excluding carboxylic acids is 1. The Balaban J connectivity index is 2.09. The Morgan fingerprint density at radius 2 is 2.32 bits per heavy atom. The number of carbonyl (C=O) groups is 1. The molecular weight excluding hydrogens is 308 g/mol. The second-order valence-electron chi connectivity index (χ2n) is 5.28. The zero-order valence-electron chi connectivity index (χ0n) is 11.0. The standard InChI is InChI=1S/C14H19BrN2O2/c1-10-7-12(15)4-3-11(10)8-17-6-2-5-14(19,9-17)13(16)18/h3-4,7,19H,2,5-6,8-9H2,1H3,(H2,16,18). The van der Waals surface area contributed by atoms with E-state index >= 15 is 0 Å². The number of likely N-dealkylation sites (tertiary alicyclic amines) is 1. The average molecular weight is 327 g/mol. The Kier molecular flexibility index (Phi) is 4.28. The van der Waals surface area contributed by atoms with Gasteiger partial charge in [-0.25, -0.2) is 0 Å². The highest BCUT2D eigenvalue weighted by molar-refractivity contribution is 9.10. The van der Waals surface area contributed by atoms with Crippen molar-refractivity contribution in [1.29, 1.82) is 0 Å². The van der Waals surface area contributed by atoms with Crippen LogP contribution in [0.25, 0.3) is 0 Å². The van der Waals surface area contributed by atoms with Crippen molar-refractivity contribution in [2.75, 3.05) is 13.1 Å². The maximum Gasteiger partial charge on any atom is 0.250 e. The minimum atomic E-state index is -1.37. The van der Waals surface area contributed by atoms with Gasteiger partial charge in [0.05, 0.1) is 0 Å². The number of hydrogen-bond acceptors (Lipinski definition) is 3. The minimum Gasteiger partial charge on any atom is -0.379 e. The number of benzene rings is 1. The molecule has 19 heavy (non-hydrogen) atoms. The Hall–Kier alpha value is -0.910. The second-order valence-corrected chi connectivity index (χ2v) is 6.20. The van der Waals surface area contributed by atoms with Crippen LogP contribution in [0.2, 0.25) is 0 Å². The highest BCUT2D eigenvalue weighted by atomic mass is 79.9. The van der Waals surface area contributed by atoms with Crippen LogP contribution >= 0.6 is 15.9 Å². The van der Waals surface area contributed by atoms with Gasteiger partial charge in [0.15, 0.2) is 5.60 Å². The van der Waals surface area contributed by atoms with Crippen molar-refractivity contribution in [3.8, 4) is 0 Å². The summed E-state index contributed by atoms with van der Waals surface area (Å²) in [6.07, 6.45) is 1.24. The SMILES string of the molecule is Cc1cc(Br)ccc1CN1CCCC(O)(C(N)=O)C1. The van der Waals surface area contributed by atoms with E-state index in [1.807, 2.05) is 6.07 Å². The lowest BCUT2D eigenvalue weighted by Gasteiger charge is -2.37. The van der Waals surface area contributed by atoms with Crippen molar-refractivity contribution in [3.05, 3.63) is 33.8 Å². The molecule has 1 atom stereocenters. The van der Waals surface area contributed by atoms with Gasteiger partial charge in [0.1, 0.15) is 0 Å². The summed E-state index contributed by atoms with van der Waals surface area (Å²) >= 11 is 3.44. The van der Waals surface area contributed by atoms with Crippen LogP contribution in [-0.4, -0.2) is 34.6 Å². The molecule has 0 aliphatic carbocycles. The molecule has 1 aliphatic rings. The normalized spacial score (nSPS) is 24.4. The van der Waals surface area contributed by atoms with Gasteiger partial charge in [0.25, 0.3) is 5.91 Å². The molecule has 0 radical (unpaired) electrons. The largest absolute Gasteiger partial charge is 0.379 e. The lowest BCUT2D eigenvalue weighted by atomic mass is 9.91. The number of nitrogens with zero attached hydrogens (tertiary/aromatic N) is 1. The molecule has 2 rings (SSSR count). The first-order chi connectivity index (χ1) is 8.90. The number of β-amino-alcohol motifs (C(OH)–C–C–N with tert-alkyl or cyclic N) is 1. The molecular formula is C14H19BrN2O2. The van der Waals surface area contributed by atoms with E-state index in [2.05, 4.69) is 39.9 Å². The van der Waals surface area contributed by atoms with Crippen LogP contribution in [-0.2, 0) is 11.3 Å². The Morgan fingerprint density at radius 1 is 1.58 bits per heavy atom. The van der Waals surface area contributed by atoms with E-state index in [0.29, 0.717) is 13.0 Å². The molecule has 1 amide bonds. The minimum absolute atomic E-state index is 0.317. The van der Waals surface area contributed by atoms with Crippen LogP contribution in [0.4, 0.5) is 0 Å². The van der Waals surface area contributed by atoms with Crippen LogP contribution in [0.15, 0.2) is 22.7 Å². The molecule has 3 N–H and O–H groups in total. The van der Waals surface area contributed by atoms with E-state index in [0.717, 1.165) is 24.0 Å². The van der Waals surface area contributed by atoms with Gasteiger partial charge < -0.3 is 10.8 Å². The van der Waals surface area contributed by atoms with Crippen LogP contribution < -0.4 is 5.73 Å². The van der Waals surface area contributed by atoms with Gasteiger partial charge in [-0.05, 0) is 49.6 Å². The fraction of sp³-hybridized carbons (Fsp3) is 0.500. The quantitative estimate of drug-likeness (QED) is 0.886. The molecule has 1 aliphatic heterocycles. The zero-order valence-corrected chi connectivity index (χ0v) is 12.6. The summed E-state index contributed by atoms with van der Waals surface area (Å²) in [5, 5.41) is 10.2. The predicted molar refractivity (Wildman–Crippen MR) is 77.5 cm³/mol. The van der Waals surface area contributed by atoms with Crippen molar-refractivity contribution in [2.45, 2.75) is 31.9 Å². The maximum absolute atomic E-state index is 11.3. The summed E-state index contributed by atoms with van der Waals surface area (Å²) in [5.74, 6) is -0.621. The third-order valence-electron chi connectivity index (χ3n) is 3.71. The maximum atomic E-state index is 11.3. The topological polar surface area (TPSA) is 66.6 Å². The number of aliphatic hydroxyl groups is 1. The van der Waals surface area contributed by atoms with E-state index in [1.54, 1.807) is 0 Å². The summed E-state index contributed by atoms with van der Waals surface area (Å²) in [6, 6.07) is 6.14. The molecule has 1 aromatic rings. The number of amides is 1. The van der Waals surface area contributed by atoms with Crippen molar-refractivity contribution in [3.63, 3.8) is 0 Å². The Morgan fingerprint density at radius 3 is 2.95 bits per heavy atom. The molecule has 1 aromatic carbocycles. The summed E-state index contributed by atoms with van der Waals surface area (Å²) in [6.45, 7) is 3.99. The van der Waals surface area contributed by atoms with Crippen molar-refractivity contribution in [2.24, 2.45) is 5.73 Å². The Bertz CT molecular complexity index is 492. The number of primary amides is 1. The summed E-state index contributed by atoms with van der Waals surface area (Å²) < 4.78 is 1.06. The number of hydrogen-bond donors (Lipinski definition) is 2. The molecule has 104 valence electrons. The molecule has 0 saturated carbocycles. The third kappa shape index (κ3) is 3.35. The molecule has 4 nitrogen and oxygen atoms in total. The number of nitrogens with two attached hydrogens (primary N) is 1. The lowest BCUT2D eigenvalue weighted by Crippen LogP contribution is -2.55. The molecule has 5 heteroatoms. The highest BCUT2D eigenvalue weighted by Gasteiger charge is 2.38. The molecule has 0 bridgehead atoms. The van der Waals surface area contributed by atoms with Gasteiger partial charge in [-0.1, -0.05) is 22.0 Å². The summed E-state index contributed by atoms with van der Waals surface area (Å²) in [4.78, 5) is 13.4. The lowest BCUT2D eigenvalue weighted by molar-refractivity contribution is -0.142.